The van der Waals surface area contributed by atoms with Crippen molar-refractivity contribution in [2.45, 2.75) is 12.5 Å². The van der Waals surface area contributed by atoms with E-state index in [4.69, 9.17) is 21.8 Å². The molecule has 3 aromatic rings. The van der Waals surface area contributed by atoms with Crippen molar-refractivity contribution in [2.75, 3.05) is 12.8 Å². The van der Waals surface area contributed by atoms with Crippen LogP contribution < -0.4 is 5.73 Å². The summed E-state index contributed by atoms with van der Waals surface area (Å²) in [5.41, 5.74) is 5.70. The van der Waals surface area contributed by atoms with Gasteiger partial charge in [0.05, 0.1) is 30.2 Å². The van der Waals surface area contributed by atoms with E-state index >= 15 is 0 Å². The minimum Gasteiger partial charge on any atom is -0.414 e. The molecule has 1 aliphatic rings. The average Bonchev–Trinajstić information content (AvgIpc) is 3.31. The molecule has 0 amide bonds. The summed E-state index contributed by atoms with van der Waals surface area (Å²) in [5.74, 6) is 4.81. The number of aliphatic imine (C=N–C) groups is 1. The van der Waals surface area contributed by atoms with E-state index in [1.54, 1.807) is 37.1 Å². The molecule has 28 heavy (non-hydrogen) atoms. The summed E-state index contributed by atoms with van der Waals surface area (Å²) in [5, 5.41) is 12.9. The monoisotopic (exact) mass is 439 g/mol. The third kappa shape index (κ3) is 3.09. The highest BCUT2D eigenvalue weighted by molar-refractivity contribution is 7.98. The Bertz CT molecular complexity index is 1190. The van der Waals surface area contributed by atoms with Gasteiger partial charge in [0.15, 0.2) is 0 Å². The molecule has 0 spiro atoms. The maximum atomic E-state index is 12.9. The van der Waals surface area contributed by atoms with Gasteiger partial charge in [-0.3, -0.25) is 8.99 Å². The summed E-state index contributed by atoms with van der Waals surface area (Å²) in [6.45, 7) is 1.84. The smallest absolute Gasteiger partial charge is 0.268 e. The lowest BCUT2D eigenvalue weighted by atomic mass is 10.0. The fourth-order valence-corrected chi connectivity index (χ4v) is 6.28. The fourth-order valence-electron chi connectivity index (χ4n) is 2.98. The van der Waals surface area contributed by atoms with Crippen LogP contribution in [0.1, 0.15) is 11.8 Å². The third-order valence-electron chi connectivity index (χ3n) is 4.43. The lowest BCUT2D eigenvalue weighted by Gasteiger charge is -2.36. The number of aromatic nitrogens is 4. The first kappa shape index (κ1) is 19.0. The molecule has 1 unspecified atom stereocenters. The van der Waals surface area contributed by atoms with Crippen molar-refractivity contribution in [1.82, 2.24) is 24.3 Å². The second-order valence-corrected chi connectivity index (χ2v) is 10.6. The number of aryl methyl sites for hydroxylation is 1. The summed E-state index contributed by atoms with van der Waals surface area (Å²) < 4.78 is 21.7. The molecular weight excluding hydrogens is 422 g/mol. The molecule has 4 rings (SSSR count). The zero-order chi connectivity index (χ0) is 20.3. The van der Waals surface area contributed by atoms with Crippen molar-refractivity contribution in [3.8, 4) is 22.4 Å². The maximum Gasteiger partial charge on any atom is 0.268 e. The Morgan fingerprint density at radius 2 is 2.11 bits per heavy atom. The number of hydrogen-bond acceptors (Lipinski definition) is 8. The van der Waals surface area contributed by atoms with Crippen molar-refractivity contribution in [3.63, 3.8) is 0 Å². The van der Waals surface area contributed by atoms with Crippen LogP contribution in [0, 0.1) is 0 Å². The van der Waals surface area contributed by atoms with Crippen LogP contribution in [0.25, 0.3) is 22.4 Å². The molecule has 2 atom stereocenters. The van der Waals surface area contributed by atoms with Gasteiger partial charge in [-0.1, -0.05) is 11.6 Å². The van der Waals surface area contributed by atoms with Crippen molar-refractivity contribution < 1.29 is 8.63 Å². The molecule has 0 bridgehead atoms. The number of rotatable bonds is 3. The Balaban J connectivity index is 1.73. The van der Waals surface area contributed by atoms with E-state index < -0.39 is 15.2 Å². The van der Waals surface area contributed by atoms with Gasteiger partial charge in [0.1, 0.15) is 11.2 Å². The van der Waals surface area contributed by atoms with Crippen LogP contribution in [0.2, 0.25) is 5.02 Å². The number of thiophene rings is 1. The lowest BCUT2D eigenvalue weighted by Crippen LogP contribution is -2.50. The van der Waals surface area contributed by atoms with Crippen molar-refractivity contribution in [1.29, 1.82) is 0 Å². The van der Waals surface area contributed by atoms with Crippen LogP contribution in [0.15, 0.2) is 27.7 Å². The molecule has 12 heteroatoms. The predicted molar refractivity (Wildman–Crippen MR) is 112 cm³/mol. The molecule has 0 saturated heterocycles. The molecule has 0 fully saturated rings. The highest BCUT2D eigenvalue weighted by Crippen LogP contribution is 2.44. The molecule has 3 aromatic heterocycles. The van der Waals surface area contributed by atoms with E-state index in [1.165, 1.54) is 15.6 Å². The normalized spacial score (nSPS) is 25.1. The van der Waals surface area contributed by atoms with Gasteiger partial charge in [0.2, 0.25) is 5.96 Å². The molecule has 4 heterocycles. The Morgan fingerprint density at radius 1 is 1.39 bits per heavy atom. The number of hydrogen-bond donors (Lipinski definition) is 1. The van der Waals surface area contributed by atoms with Gasteiger partial charge in [-0.2, -0.15) is 5.10 Å². The molecule has 148 valence electrons. The molecule has 1 aliphatic heterocycles. The molecule has 9 nitrogen and oxygen atoms in total. The Morgan fingerprint density at radius 3 is 2.75 bits per heavy atom. The van der Waals surface area contributed by atoms with E-state index in [1.807, 2.05) is 6.92 Å². The second-order valence-electron chi connectivity index (χ2n) is 6.73. The summed E-state index contributed by atoms with van der Waals surface area (Å²) >= 11 is 7.84. The SMILES string of the molecule is C=S1(=O)C[C@@](C)(c2sc(-c3nnc(-c4ccn(C)n4)o3)cc2Cl)N=C(N)N1C. The maximum absolute atomic E-state index is 12.9. The first-order chi connectivity index (χ1) is 13.1. The minimum atomic E-state index is -2.60. The third-order valence-corrected chi connectivity index (χ3v) is 8.42. The zero-order valence-electron chi connectivity index (χ0n) is 15.4. The number of guanidine groups is 1. The van der Waals surface area contributed by atoms with Crippen LogP contribution in [0.4, 0.5) is 0 Å². The van der Waals surface area contributed by atoms with Crippen molar-refractivity contribution in [3.05, 3.63) is 28.2 Å². The summed E-state index contributed by atoms with van der Waals surface area (Å²) in [4.78, 5) is 5.93. The Kier molecular flexibility index (Phi) is 4.28. The van der Waals surface area contributed by atoms with Crippen LogP contribution in [-0.4, -0.2) is 53.1 Å². The highest BCUT2D eigenvalue weighted by atomic mass is 35.5. The van der Waals surface area contributed by atoms with Crippen LogP contribution >= 0.6 is 22.9 Å². The van der Waals surface area contributed by atoms with Crippen LogP contribution in [0.5, 0.6) is 0 Å². The predicted octanol–water partition coefficient (Wildman–Crippen LogP) is 1.96. The highest BCUT2D eigenvalue weighted by Gasteiger charge is 2.40. The van der Waals surface area contributed by atoms with Gasteiger partial charge >= 0.3 is 0 Å². The lowest BCUT2D eigenvalue weighted by molar-refractivity contribution is 0.522. The summed E-state index contributed by atoms with van der Waals surface area (Å²) in [7, 11) is 0.820. The van der Waals surface area contributed by atoms with Crippen LogP contribution in [0.3, 0.4) is 0 Å². The molecule has 0 radical (unpaired) electrons. The van der Waals surface area contributed by atoms with E-state index in [-0.39, 0.29) is 11.7 Å². The van der Waals surface area contributed by atoms with Gasteiger partial charge in [-0.25, -0.2) is 9.20 Å². The van der Waals surface area contributed by atoms with E-state index in [9.17, 15) is 4.21 Å². The number of halogens is 1. The van der Waals surface area contributed by atoms with Gasteiger partial charge in [0, 0.05) is 20.3 Å². The summed E-state index contributed by atoms with van der Waals surface area (Å²) in [6, 6.07) is 3.52. The molecule has 2 N–H and O–H groups in total. The molecular formula is C16H18ClN7O2S2. The standard InChI is InChI=1S/C16H18ClN7O2S2/c1-16(8-28(4,25)24(3)15(18)19-16)12-9(17)7-11(27-12)14-21-20-13(26-14)10-5-6-23(2)22-10/h5-7H,4,8H2,1-3H3,(H2,18,19)/t16-,28?/m0/s1. The Labute approximate surface area is 171 Å². The molecule has 0 aromatic carbocycles. The topological polar surface area (TPSA) is 115 Å². The van der Waals surface area contributed by atoms with Gasteiger partial charge in [-0.05, 0) is 24.9 Å². The number of nitrogens with two attached hydrogens (primary N) is 1. The van der Waals surface area contributed by atoms with Crippen molar-refractivity contribution in [2.24, 2.45) is 17.8 Å². The second kappa shape index (κ2) is 6.33. The first-order valence-corrected chi connectivity index (χ1v) is 11.2. The van der Waals surface area contributed by atoms with Gasteiger partial charge < -0.3 is 10.2 Å². The van der Waals surface area contributed by atoms with Gasteiger partial charge in [0.25, 0.3) is 11.8 Å². The van der Waals surface area contributed by atoms with E-state index in [2.05, 4.69) is 26.2 Å². The average molecular weight is 440 g/mol. The minimum absolute atomic E-state index is 0.162. The fraction of sp³-hybridized carbons (Fsp3) is 0.312. The first-order valence-electron chi connectivity index (χ1n) is 8.17. The van der Waals surface area contributed by atoms with E-state index in [0.717, 1.165) is 0 Å². The quantitative estimate of drug-likeness (QED) is 0.623. The summed E-state index contributed by atoms with van der Waals surface area (Å²) in [6.07, 6.45) is 1.79. The van der Waals surface area contributed by atoms with Crippen molar-refractivity contribution >= 4 is 44.5 Å². The molecule has 0 aliphatic carbocycles. The van der Waals surface area contributed by atoms with Crippen LogP contribution in [-0.2, 0) is 22.3 Å². The number of nitrogens with zero attached hydrogens (tertiary/aromatic N) is 6. The Hall–Kier alpha value is -2.37. The molecule has 0 saturated carbocycles. The van der Waals surface area contributed by atoms with E-state index in [0.29, 0.717) is 32.3 Å². The zero-order valence-corrected chi connectivity index (χ0v) is 17.8. The van der Waals surface area contributed by atoms with Gasteiger partial charge in [-0.15, -0.1) is 21.5 Å². The largest absolute Gasteiger partial charge is 0.414 e.